The molecule has 1 N–H and O–H groups in total. The van der Waals surface area contributed by atoms with Crippen molar-refractivity contribution < 1.29 is 18.3 Å². The van der Waals surface area contributed by atoms with E-state index in [-0.39, 0.29) is 18.2 Å². The van der Waals surface area contributed by atoms with E-state index in [1.165, 1.54) is 14.1 Å². The molecular formula is C17H26N2O4S. The Bertz CT molecular complexity index is 688. The molecule has 1 aliphatic rings. The van der Waals surface area contributed by atoms with Crippen molar-refractivity contribution in [1.29, 1.82) is 0 Å². The molecule has 7 heteroatoms. The zero-order chi connectivity index (χ0) is 17.9. The largest absolute Gasteiger partial charge is 0.391 e. The number of rotatable bonds is 6. The molecular weight excluding hydrogens is 328 g/mol. The van der Waals surface area contributed by atoms with Crippen molar-refractivity contribution in [1.82, 2.24) is 9.21 Å². The van der Waals surface area contributed by atoms with Crippen LogP contribution in [-0.4, -0.2) is 67.7 Å². The number of hydrogen-bond donors (Lipinski definition) is 1. The predicted molar refractivity (Wildman–Crippen MR) is 93.1 cm³/mol. The number of likely N-dealkylation sites (tertiary alicyclic amines) is 1. The fraction of sp³-hybridized carbons (Fsp3) is 0.588. The van der Waals surface area contributed by atoms with E-state index < -0.39 is 22.0 Å². The fourth-order valence-corrected chi connectivity index (χ4v) is 4.10. The Morgan fingerprint density at radius 1 is 1.29 bits per heavy atom. The van der Waals surface area contributed by atoms with Crippen LogP contribution in [0.4, 0.5) is 0 Å². The van der Waals surface area contributed by atoms with Gasteiger partial charge in [0.2, 0.25) is 15.9 Å². The van der Waals surface area contributed by atoms with Crippen LogP contribution in [0.3, 0.4) is 0 Å². The van der Waals surface area contributed by atoms with Gasteiger partial charge in [-0.05, 0) is 24.5 Å². The average molecular weight is 354 g/mol. The molecule has 0 aliphatic carbocycles. The van der Waals surface area contributed by atoms with Crippen LogP contribution in [0.25, 0.3) is 0 Å². The maximum Gasteiger partial charge on any atom is 0.223 e. The third-order valence-electron chi connectivity index (χ3n) is 4.61. The number of aryl methyl sites for hydroxylation is 2. The van der Waals surface area contributed by atoms with Gasteiger partial charge in [0.25, 0.3) is 0 Å². The zero-order valence-electron chi connectivity index (χ0n) is 14.5. The molecule has 0 aromatic heterocycles. The standard InChI is InChI=1S/C17H26N2O4S/c1-13-6-4-5-7-14(13)8-9-17(21)19-10-15(16(20)11-19)12-24(22,23)18(2)3/h4-7,15-16,20H,8-12H2,1-3H3. The summed E-state index contributed by atoms with van der Waals surface area (Å²) in [6, 6.07) is 7.94. The summed E-state index contributed by atoms with van der Waals surface area (Å²) in [4.78, 5) is 14.0. The van der Waals surface area contributed by atoms with Crippen LogP contribution in [0, 0.1) is 12.8 Å². The molecule has 1 saturated heterocycles. The summed E-state index contributed by atoms with van der Waals surface area (Å²) in [6.07, 6.45) is 0.228. The minimum Gasteiger partial charge on any atom is -0.391 e. The number of carbonyl (C=O) groups is 1. The summed E-state index contributed by atoms with van der Waals surface area (Å²) in [5.41, 5.74) is 2.29. The van der Waals surface area contributed by atoms with Gasteiger partial charge in [-0.1, -0.05) is 24.3 Å². The van der Waals surface area contributed by atoms with E-state index in [0.717, 1.165) is 15.4 Å². The smallest absolute Gasteiger partial charge is 0.223 e. The van der Waals surface area contributed by atoms with Gasteiger partial charge in [-0.3, -0.25) is 4.79 Å². The highest BCUT2D eigenvalue weighted by atomic mass is 32.2. The van der Waals surface area contributed by atoms with Crippen LogP contribution in [0.15, 0.2) is 24.3 Å². The van der Waals surface area contributed by atoms with E-state index >= 15 is 0 Å². The Morgan fingerprint density at radius 3 is 2.58 bits per heavy atom. The van der Waals surface area contributed by atoms with Crippen LogP contribution in [0.2, 0.25) is 0 Å². The first-order chi connectivity index (χ1) is 11.2. The van der Waals surface area contributed by atoms with Crippen LogP contribution in [-0.2, 0) is 21.2 Å². The fourth-order valence-electron chi connectivity index (χ4n) is 2.93. The first-order valence-corrected chi connectivity index (χ1v) is 9.72. The van der Waals surface area contributed by atoms with Gasteiger partial charge in [0.15, 0.2) is 0 Å². The average Bonchev–Trinajstić information content (AvgIpc) is 2.86. The Balaban J connectivity index is 1.92. The van der Waals surface area contributed by atoms with Gasteiger partial charge in [0, 0.05) is 39.5 Å². The molecule has 1 fully saturated rings. The molecule has 134 valence electrons. The number of aliphatic hydroxyl groups excluding tert-OH is 1. The molecule has 0 saturated carbocycles. The van der Waals surface area contributed by atoms with Gasteiger partial charge >= 0.3 is 0 Å². The molecule has 2 unspecified atom stereocenters. The number of hydrogen-bond acceptors (Lipinski definition) is 4. The third kappa shape index (κ3) is 4.55. The summed E-state index contributed by atoms with van der Waals surface area (Å²) in [6.45, 7) is 2.52. The minimum absolute atomic E-state index is 0.0398. The first-order valence-electron chi connectivity index (χ1n) is 8.11. The molecule has 24 heavy (non-hydrogen) atoms. The lowest BCUT2D eigenvalue weighted by molar-refractivity contribution is -0.130. The van der Waals surface area contributed by atoms with Crippen LogP contribution in [0.1, 0.15) is 17.5 Å². The van der Waals surface area contributed by atoms with Gasteiger partial charge in [0.05, 0.1) is 11.9 Å². The molecule has 6 nitrogen and oxygen atoms in total. The highest BCUT2D eigenvalue weighted by molar-refractivity contribution is 7.89. The molecule has 1 amide bonds. The van der Waals surface area contributed by atoms with Crippen molar-refractivity contribution in [2.45, 2.75) is 25.9 Å². The van der Waals surface area contributed by atoms with Crippen molar-refractivity contribution in [3.05, 3.63) is 35.4 Å². The van der Waals surface area contributed by atoms with E-state index in [4.69, 9.17) is 0 Å². The van der Waals surface area contributed by atoms with Crippen LogP contribution >= 0.6 is 0 Å². The first kappa shape index (κ1) is 18.9. The maximum absolute atomic E-state index is 12.4. The minimum atomic E-state index is -3.39. The Hall–Kier alpha value is -1.44. The van der Waals surface area contributed by atoms with Gasteiger partial charge in [-0.2, -0.15) is 0 Å². The molecule has 0 radical (unpaired) electrons. The number of sulfonamides is 1. The number of nitrogens with zero attached hydrogens (tertiary/aromatic N) is 2. The monoisotopic (exact) mass is 354 g/mol. The van der Waals surface area contributed by atoms with Crippen molar-refractivity contribution >= 4 is 15.9 Å². The second-order valence-corrected chi connectivity index (χ2v) is 8.84. The normalized spacial score (nSPS) is 21.5. The zero-order valence-corrected chi connectivity index (χ0v) is 15.3. The second-order valence-electron chi connectivity index (χ2n) is 6.61. The molecule has 1 aromatic rings. The van der Waals surface area contributed by atoms with Crippen molar-refractivity contribution in [3.63, 3.8) is 0 Å². The Labute approximate surface area is 144 Å². The van der Waals surface area contributed by atoms with E-state index in [2.05, 4.69) is 0 Å². The van der Waals surface area contributed by atoms with E-state index in [1.54, 1.807) is 4.90 Å². The lowest BCUT2D eigenvalue weighted by Crippen LogP contribution is -2.33. The number of benzene rings is 1. The molecule has 2 atom stereocenters. The highest BCUT2D eigenvalue weighted by Gasteiger charge is 2.37. The Kier molecular flexibility index (Phi) is 6.01. The quantitative estimate of drug-likeness (QED) is 0.813. The topological polar surface area (TPSA) is 77.9 Å². The van der Waals surface area contributed by atoms with Gasteiger partial charge < -0.3 is 10.0 Å². The predicted octanol–water partition coefficient (Wildman–Crippen LogP) is 0.638. The van der Waals surface area contributed by atoms with Crippen molar-refractivity contribution in [2.24, 2.45) is 5.92 Å². The number of amides is 1. The van der Waals surface area contributed by atoms with E-state index in [1.807, 2.05) is 31.2 Å². The van der Waals surface area contributed by atoms with Crippen molar-refractivity contribution in [2.75, 3.05) is 32.9 Å². The summed E-state index contributed by atoms with van der Waals surface area (Å²) in [5.74, 6) is -0.607. The summed E-state index contributed by atoms with van der Waals surface area (Å²) in [7, 11) is -0.441. The van der Waals surface area contributed by atoms with Crippen LogP contribution < -0.4 is 0 Å². The SMILES string of the molecule is Cc1ccccc1CCC(=O)N1CC(O)C(CS(=O)(=O)N(C)C)C1. The molecule has 1 aliphatic heterocycles. The third-order valence-corrected chi connectivity index (χ3v) is 6.57. The van der Waals surface area contributed by atoms with Gasteiger partial charge in [0.1, 0.15) is 0 Å². The van der Waals surface area contributed by atoms with Gasteiger partial charge in [-0.15, -0.1) is 0 Å². The van der Waals surface area contributed by atoms with Gasteiger partial charge in [-0.25, -0.2) is 12.7 Å². The molecule has 1 heterocycles. The van der Waals surface area contributed by atoms with Crippen LogP contribution in [0.5, 0.6) is 0 Å². The lowest BCUT2D eigenvalue weighted by Gasteiger charge is -2.18. The highest BCUT2D eigenvalue weighted by Crippen LogP contribution is 2.21. The molecule has 0 spiro atoms. The van der Waals surface area contributed by atoms with E-state index in [0.29, 0.717) is 19.4 Å². The molecule has 2 rings (SSSR count). The molecule has 0 bridgehead atoms. The second kappa shape index (κ2) is 7.63. The lowest BCUT2D eigenvalue weighted by atomic mass is 10.0. The Morgan fingerprint density at radius 2 is 1.96 bits per heavy atom. The van der Waals surface area contributed by atoms with E-state index in [9.17, 15) is 18.3 Å². The number of carbonyl (C=O) groups excluding carboxylic acids is 1. The number of β-amino-alcohol motifs (C(OH)–C–C–N with tert-alkyl or cyclic N) is 1. The van der Waals surface area contributed by atoms with Crippen molar-refractivity contribution in [3.8, 4) is 0 Å². The summed E-state index contributed by atoms with van der Waals surface area (Å²) in [5, 5.41) is 10.1. The number of aliphatic hydroxyl groups is 1. The maximum atomic E-state index is 12.4. The summed E-state index contributed by atoms with van der Waals surface area (Å²) >= 11 is 0. The molecule has 1 aromatic carbocycles. The summed E-state index contributed by atoms with van der Waals surface area (Å²) < 4.78 is 25.1.